The van der Waals surface area contributed by atoms with E-state index in [2.05, 4.69) is 6.58 Å². The summed E-state index contributed by atoms with van der Waals surface area (Å²) in [5.41, 5.74) is -0.468. The predicted octanol–water partition coefficient (Wildman–Crippen LogP) is 1.42. The van der Waals surface area contributed by atoms with Crippen molar-refractivity contribution in [2.24, 2.45) is 11.8 Å². The van der Waals surface area contributed by atoms with E-state index in [1.807, 2.05) is 0 Å². The first-order valence-electron chi connectivity index (χ1n) is 8.55. The highest BCUT2D eigenvalue weighted by Gasteiger charge is 2.50. The molecule has 6 nitrogen and oxygen atoms in total. The highest BCUT2D eigenvalue weighted by molar-refractivity contribution is 5.91. The maximum atomic E-state index is 12.7. The molecule has 0 radical (unpaired) electrons. The van der Waals surface area contributed by atoms with Gasteiger partial charge in [0.15, 0.2) is 5.60 Å². The molecule has 25 heavy (non-hydrogen) atoms. The van der Waals surface area contributed by atoms with Crippen LogP contribution in [0.1, 0.15) is 33.6 Å². The number of hydrogen-bond acceptors (Lipinski definition) is 6. The average Bonchev–Trinajstić information content (AvgIpc) is 2.73. The topological polar surface area (TPSA) is 93.1 Å². The maximum Gasteiger partial charge on any atom is 0.343 e. The van der Waals surface area contributed by atoms with Crippen LogP contribution >= 0.6 is 0 Å². The summed E-state index contributed by atoms with van der Waals surface area (Å²) >= 11 is 0. The maximum absolute atomic E-state index is 12.7. The van der Waals surface area contributed by atoms with Gasteiger partial charge in [0.2, 0.25) is 0 Å². The van der Waals surface area contributed by atoms with Gasteiger partial charge in [-0.1, -0.05) is 26.5 Å². The fourth-order valence-electron chi connectivity index (χ4n) is 3.84. The van der Waals surface area contributed by atoms with Gasteiger partial charge in [-0.2, -0.15) is 0 Å². The molecule has 0 amide bonds. The Morgan fingerprint density at radius 1 is 1.32 bits per heavy atom. The van der Waals surface area contributed by atoms with Crippen LogP contribution in [0, 0.1) is 11.8 Å². The lowest BCUT2D eigenvalue weighted by molar-refractivity contribution is -0.168. The molecule has 2 N–H and O–H groups in total. The number of rotatable bonds is 1. The van der Waals surface area contributed by atoms with Crippen LogP contribution in [0.4, 0.5) is 0 Å². The van der Waals surface area contributed by atoms with Crippen molar-refractivity contribution < 1.29 is 29.3 Å². The van der Waals surface area contributed by atoms with Crippen molar-refractivity contribution >= 4 is 11.9 Å². The quantitative estimate of drug-likeness (QED) is 0.423. The first-order chi connectivity index (χ1) is 11.7. The van der Waals surface area contributed by atoms with Gasteiger partial charge >= 0.3 is 11.9 Å². The number of hydrogen-bond donors (Lipinski definition) is 2. The van der Waals surface area contributed by atoms with Crippen molar-refractivity contribution in [3.8, 4) is 0 Å². The first-order valence-corrected chi connectivity index (χ1v) is 8.55. The minimum atomic E-state index is -1.80. The van der Waals surface area contributed by atoms with Crippen LogP contribution in [-0.4, -0.2) is 46.1 Å². The molecule has 1 saturated heterocycles. The lowest BCUT2D eigenvalue weighted by Gasteiger charge is -2.33. The molecule has 0 aromatic carbocycles. The third kappa shape index (κ3) is 2.73. The second-order valence-electron chi connectivity index (χ2n) is 7.38. The van der Waals surface area contributed by atoms with Crippen LogP contribution in [0.15, 0.2) is 35.5 Å². The van der Waals surface area contributed by atoms with Crippen LogP contribution in [0.2, 0.25) is 0 Å². The van der Waals surface area contributed by atoms with Gasteiger partial charge in [0.1, 0.15) is 12.2 Å². The first kappa shape index (κ1) is 17.9. The second kappa shape index (κ2) is 6.11. The molecule has 5 atom stereocenters. The number of carbonyl (C=O) groups excluding carboxylic acids is 2. The summed E-state index contributed by atoms with van der Waals surface area (Å²) in [7, 11) is 0. The van der Waals surface area contributed by atoms with Gasteiger partial charge < -0.3 is 19.7 Å². The van der Waals surface area contributed by atoms with E-state index >= 15 is 0 Å². The molecular formula is C19H24O6. The number of carbonyl (C=O) groups is 2. The van der Waals surface area contributed by atoms with Crippen LogP contribution in [0.5, 0.6) is 0 Å². The summed E-state index contributed by atoms with van der Waals surface area (Å²) in [6, 6.07) is 0. The van der Waals surface area contributed by atoms with Crippen molar-refractivity contribution in [1.29, 1.82) is 0 Å². The van der Waals surface area contributed by atoms with Crippen LogP contribution in [-0.2, 0) is 19.1 Å². The molecule has 0 aromatic rings. The highest BCUT2D eigenvalue weighted by atomic mass is 16.6. The summed E-state index contributed by atoms with van der Waals surface area (Å²) in [6.07, 6.45) is 1.72. The van der Waals surface area contributed by atoms with Gasteiger partial charge in [-0.3, -0.25) is 0 Å². The third-order valence-electron chi connectivity index (χ3n) is 5.50. The Labute approximate surface area is 146 Å². The zero-order chi connectivity index (χ0) is 18.5. The minimum Gasteiger partial charge on any atom is -0.455 e. The van der Waals surface area contributed by atoms with E-state index in [0.717, 1.165) is 0 Å². The van der Waals surface area contributed by atoms with E-state index < -0.39 is 47.7 Å². The van der Waals surface area contributed by atoms with E-state index in [9.17, 15) is 19.8 Å². The molecule has 136 valence electrons. The van der Waals surface area contributed by atoms with Gasteiger partial charge in [0.05, 0.1) is 12.0 Å². The van der Waals surface area contributed by atoms with Gasteiger partial charge in [-0.15, -0.1) is 0 Å². The van der Waals surface area contributed by atoms with Gasteiger partial charge in [0.25, 0.3) is 0 Å². The molecule has 0 spiro atoms. The molecule has 1 fully saturated rings. The Hall–Kier alpha value is -1.92. The molecule has 3 aliphatic rings. The normalized spacial score (nSPS) is 40.6. The zero-order valence-corrected chi connectivity index (χ0v) is 14.7. The number of esters is 2. The molecule has 2 heterocycles. The third-order valence-corrected chi connectivity index (χ3v) is 5.50. The van der Waals surface area contributed by atoms with E-state index in [1.165, 1.54) is 0 Å². The lowest BCUT2D eigenvalue weighted by Crippen LogP contribution is -2.47. The van der Waals surface area contributed by atoms with Crippen LogP contribution in [0.3, 0.4) is 0 Å². The van der Waals surface area contributed by atoms with Crippen molar-refractivity contribution in [2.45, 2.75) is 57.5 Å². The van der Waals surface area contributed by atoms with E-state index in [1.54, 1.807) is 32.9 Å². The zero-order valence-electron chi connectivity index (χ0n) is 14.7. The molecule has 0 aromatic heterocycles. The Kier molecular flexibility index (Phi) is 4.37. The SMILES string of the molecule is C=C1C(=O)O[C@@H]2/C=C(/C)[C@@H]3CC=C(C[C@@H](O)[C@@H]12)[C@@](O)(C(C)C)C(=O)O3. The molecule has 1 aliphatic carbocycles. The summed E-state index contributed by atoms with van der Waals surface area (Å²) in [5, 5.41) is 21.8. The Balaban J connectivity index is 2.11. The molecule has 6 heteroatoms. The Bertz CT molecular complexity index is 688. The fourth-order valence-corrected chi connectivity index (χ4v) is 3.84. The molecular weight excluding hydrogens is 324 g/mol. The number of aliphatic hydroxyl groups is 2. The van der Waals surface area contributed by atoms with Crippen LogP contribution < -0.4 is 0 Å². The van der Waals surface area contributed by atoms with Crippen molar-refractivity contribution in [3.05, 3.63) is 35.5 Å². The molecule has 2 bridgehead atoms. The molecule has 2 aliphatic heterocycles. The standard InChI is InChI=1S/C19H24O6/c1-9(2)19(23)12-5-6-14(25-18(19)22)10(3)7-15-16(13(20)8-12)11(4)17(21)24-15/h5,7,9,13-16,20,23H,4,6,8H2,1-3H3/b10-7-/t13-,14+,15-,16-,19+/m1/s1. The minimum absolute atomic E-state index is 0.0419. The highest BCUT2D eigenvalue weighted by Crippen LogP contribution is 2.40. The van der Waals surface area contributed by atoms with Gasteiger partial charge in [-0.05, 0) is 36.5 Å². The monoisotopic (exact) mass is 348 g/mol. The smallest absolute Gasteiger partial charge is 0.343 e. The molecule has 3 rings (SSSR count). The summed E-state index contributed by atoms with van der Waals surface area (Å²) < 4.78 is 10.9. The van der Waals surface area contributed by atoms with Crippen LogP contribution in [0.25, 0.3) is 0 Å². The van der Waals surface area contributed by atoms with E-state index in [-0.39, 0.29) is 12.0 Å². The summed E-state index contributed by atoms with van der Waals surface area (Å²) in [4.78, 5) is 24.6. The van der Waals surface area contributed by atoms with Gasteiger partial charge in [-0.25, -0.2) is 9.59 Å². The van der Waals surface area contributed by atoms with Gasteiger partial charge in [0, 0.05) is 12.0 Å². The van der Waals surface area contributed by atoms with Crippen molar-refractivity contribution in [1.82, 2.24) is 0 Å². The number of aliphatic hydroxyl groups excluding tert-OH is 1. The largest absolute Gasteiger partial charge is 0.455 e. The second-order valence-corrected chi connectivity index (χ2v) is 7.38. The average molecular weight is 348 g/mol. The van der Waals surface area contributed by atoms with E-state index in [0.29, 0.717) is 17.6 Å². The van der Waals surface area contributed by atoms with Crippen molar-refractivity contribution in [3.63, 3.8) is 0 Å². The lowest BCUT2D eigenvalue weighted by atomic mass is 9.77. The molecule has 0 saturated carbocycles. The fraction of sp³-hybridized carbons (Fsp3) is 0.579. The Morgan fingerprint density at radius 2 is 2.00 bits per heavy atom. The predicted molar refractivity (Wildman–Crippen MR) is 89.3 cm³/mol. The number of fused-ring (bicyclic) bond motifs is 3. The Morgan fingerprint density at radius 3 is 2.64 bits per heavy atom. The van der Waals surface area contributed by atoms with Crippen molar-refractivity contribution in [2.75, 3.05) is 0 Å². The molecule has 0 unspecified atom stereocenters. The summed E-state index contributed by atoms with van der Waals surface area (Å²) in [6.45, 7) is 8.99. The van der Waals surface area contributed by atoms with E-state index in [4.69, 9.17) is 9.47 Å². The number of ether oxygens (including phenoxy) is 2. The summed E-state index contributed by atoms with van der Waals surface area (Å²) in [5.74, 6) is -2.29.